The molecule has 154 valence electrons. The van der Waals surface area contributed by atoms with Gasteiger partial charge in [0.1, 0.15) is 18.1 Å². The van der Waals surface area contributed by atoms with Crippen molar-refractivity contribution in [1.82, 2.24) is 10.6 Å². The molecule has 0 aromatic heterocycles. The van der Waals surface area contributed by atoms with E-state index in [1.807, 2.05) is 0 Å². The van der Waals surface area contributed by atoms with E-state index >= 15 is 0 Å². The molecule has 0 aliphatic carbocycles. The second-order valence-corrected chi connectivity index (χ2v) is 6.56. The Balaban J connectivity index is 4.97. The maximum atomic E-state index is 12.3. The third-order valence-corrected chi connectivity index (χ3v) is 3.62. The summed E-state index contributed by atoms with van der Waals surface area (Å²) in [5.74, 6) is -5.23. The molecule has 0 aromatic rings. The van der Waals surface area contributed by atoms with Crippen LogP contribution in [0.15, 0.2) is 0 Å². The molecule has 0 heterocycles. The largest absolute Gasteiger partial charge is 0.481 e. The first-order chi connectivity index (χ1) is 12.4. The van der Waals surface area contributed by atoms with Gasteiger partial charge in [-0.1, -0.05) is 13.8 Å². The summed E-state index contributed by atoms with van der Waals surface area (Å²) in [6.45, 7) is 3.55. The molecule has 0 aromatic carbocycles. The third-order valence-electron chi connectivity index (χ3n) is 3.62. The van der Waals surface area contributed by atoms with Crippen LogP contribution in [0.25, 0.3) is 0 Å². The molecule has 0 unspecified atom stereocenters. The maximum absolute atomic E-state index is 12.3. The SMILES string of the molecule is CC(C)C[C@H](NC(=O)[C@H](CCC(=O)O)NC(=O)CC[C@H](N)C(=O)O)C(=O)O. The zero-order valence-electron chi connectivity index (χ0n) is 15.3. The van der Waals surface area contributed by atoms with E-state index in [1.165, 1.54) is 0 Å². The average molecular weight is 389 g/mol. The summed E-state index contributed by atoms with van der Waals surface area (Å²) < 4.78 is 0. The van der Waals surface area contributed by atoms with Crippen LogP contribution in [0.1, 0.15) is 46.0 Å². The number of rotatable bonds is 13. The van der Waals surface area contributed by atoms with Crippen LogP contribution in [-0.2, 0) is 24.0 Å². The quantitative estimate of drug-likeness (QED) is 0.232. The zero-order valence-corrected chi connectivity index (χ0v) is 15.3. The molecule has 0 aliphatic heterocycles. The molecule has 0 saturated carbocycles. The topological polar surface area (TPSA) is 196 Å². The predicted molar refractivity (Wildman–Crippen MR) is 92.7 cm³/mol. The van der Waals surface area contributed by atoms with Crippen molar-refractivity contribution < 1.29 is 39.3 Å². The van der Waals surface area contributed by atoms with Gasteiger partial charge in [-0.3, -0.25) is 19.2 Å². The Labute approximate surface area is 156 Å². The van der Waals surface area contributed by atoms with Crippen molar-refractivity contribution in [3.63, 3.8) is 0 Å². The Hall–Kier alpha value is -2.69. The predicted octanol–water partition coefficient (Wildman–Crippen LogP) is -0.856. The molecular weight excluding hydrogens is 362 g/mol. The summed E-state index contributed by atoms with van der Waals surface area (Å²) in [5, 5.41) is 31.3. The van der Waals surface area contributed by atoms with Gasteiger partial charge in [0, 0.05) is 12.8 Å². The first-order valence-electron chi connectivity index (χ1n) is 8.46. The van der Waals surface area contributed by atoms with Crippen molar-refractivity contribution >= 4 is 29.7 Å². The first kappa shape index (κ1) is 24.3. The Kier molecular flexibility index (Phi) is 10.7. The molecule has 0 rings (SSSR count). The van der Waals surface area contributed by atoms with Crippen molar-refractivity contribution in [3.05, 3.63) is 0 Å². The molecule has 3 atom stereocenters. The van der Waals surface area contributed by atoms with Gasteiger partial charge in [-0.05, 0) is 25.2 Å². The highest BCUT2D eigenvalue weighted by Crippen LogP contribution is 2.07. The Morgan fingerprint density at radius 3 is 1.89 bits per heavy atom. The standard InChI is InChI=1S/C16H27N3O8/c1-8(2)7-11(16(26)27)19-14(23)10(4-6-13(21)22)18-12(20)5-3-9(17)15(24)25/h8-11H,3-7,17H2,1-2H3,(H,18,20)(H,19,23)(H,21,22)(H,24,25)(H,26,27)/t9-,10-,11-/m0/s1. The number of hydrogen-bond acceptors (Lipinski definition) is 6. The van der Waals surface area contributed by atoms with E-state index in [1.54, 1.807) is 13.8 Å². The monoisotopic (exact) mass is 389 g/mol. The minimum absolute atomic E-state index is 0.0176. The van der Waals surface area contributed by atoms with Crippen LogP contribution < -0.4 is 16.4 Å². The molecule has 0 bridgehead atoms. The van der Waals surface area contributed by atoms with Gasteiger partial charge in [0.25, 0.3) is 0 Å². The van der Waals surface area contributed by atoms with Gasteiger partial charge in [0.2, 0.25) is 11.8 Å². The van der Waals surface area contributed by atoms with E-state index < -0.39 is 54.3 Å². The smallest absolute Gasteiger partial charge is 0.326 e. The van der Waals surface area contributed by atoms with Gasteiger partial charge in [0.15, 0.2) is 0 Å². The minimum Gasteiger partial charge on any atom is -0.481 e. The molecule has 2 amide bonds. The van der Waals surface area contributed by atoms with Crippen molar-refractivity contribution in [2.24, 2.45) is 11.7 Å². The lowest BCUT2D eigenvalue weighted by atomic mass is 10.0. The van der Waals surface area contributed by atoms with Gasteiger partial charge < -0.3 is 31.7 Å². The fraction of sp³-hybridized carbons (Fsp3) is 0.688. The first-order valence-corrected chi connectivity index (χ1v) is 8.46. The Morgan fingerprint density at radius 1 is 0.852 bits per heavy atom. The van der Waals surface area contributed by atoms with Crippen LogP contribution >= 0.6 is 0 Å². The van der Waals surface area contributed by atoms with Crippen LogP contribution in [-0.4, -0.2) is 63.2 Å². The second kappa shape index (κ2) is 11.8. The van der Waals surface area contributed by atoms with E-state index in [0.717, 1.165) is 0 Å². The lowest BCUT2D eigenvalue weighted by Gasteiger charge is -2.22. The van der Waals surface area contributed by atoms with Crippen LogP contribution in [0.3, 0.4) is 0 Å². The summed E-state index contributed by atoms with van der Waals surface area (Å²) in [7, 11) is 0. The maximum Gasteiger partial charge on any atom is 0.326 e. The van der Waals surface area contributed by atoms with Gasteiger partial charge >= 0.3 is 17.9 Å². The molecule has 27 heavy (non-hydrogen) atoms. The van der Waals surface area contributed by atoms with Crippen LogP contribution in [0.2, 0.25) is 0 Å². The Morgan fingerprint density at radius 2 is 1.44 bits per heavy atom. The number of aliphatic carboxylic acids is 3. The van der Waals surface area contributed by atoms with E-state index in [2.05, 4.69) is 10.6 Å². The van der Waals surface area contributed by atoms with Crippen molar-refractivity contribution in [1.29, 1.82) is 0 Å². The number of carboxylic acid groups (broad SMARTS) is 3. The number of nitrogens with one attached hydrogen (secondary N) is 2. The van der Waals surface area contributed by atoms with Crippen LogP contribution in [0.5, 0.6) is 0 Å². The summed E-state index contributed by atoms with van der Waals surface area (Å²) in [5.41, 5.74) is 5.30. The van der Waals surface area contributed by atoms with Crippen molar-refractivity contribution in [3.8, 4) is 0 Å². The summed E-state index contributed by atoms with van der Waals surface area (Å²) >= 11 is 0. The van der Waals surface area contributed by atoms with E-state index in [4.69, 9.17) is 15.9 Å². The molecule has 0 aliphatic rings. The fourth-order valence-electron chi connectivity index (χ4n) is 2.18. The number of hydrogen-bond donors (Lipinski definition) is 6. The highest BCUT2D eigenvalue weighted by atomic mass is 16.4. The molecule has 0 radical (unpaired) electrons. The minimum atomic E-state index is -1.28. The van der Waals surface area contributed by atoms with Gasteiger partial charge in [0.05, 0.1) is 0 Å². The Bertz CT molecular complexity index is 564. The van der Waals surface area contributed by atoms with Gasteiger partial charge in [-0.15, -0.1) is 0 Å². The van der Waals surface area contributed by atoms with E-state index in [0.29, 0.717) is 0 Å². The number of carboxylic acids is 3. The summed E-state index contributed by atoms with van der Waals surface area (Å²) in [6.07, 6.45) is -0.951. The summed E-state index contributed by atoms with van der Waals surface area (Å²) in [4.78, 5) is 56.9. The van der Waals surface area contributed by atoms with Gasteiger partial charge in [-0.2, -0.15) is 0 Å². The molecule has 0 saturated heterocycles. The highest BCUT2D eigenvalue weighted by molar-refractivity contribution is 5.90. The van der Waals surface area contributed by atoms with E-state index in [9.17, 15) is 29.1 Å². The van der Waals surface area contributed by atoms with Crippen molar-refractivity contribution in [2.75, 3.05) is 0 Å². The number of nitrogens with two attached hydrogens (primary N) is 1. The second-order valence-electron chi connectivity index (χ2n) is 6.56. The molecule has 7 N–H and O–H groups in total. The fourth-order valence-corrected chi connectivity index (χ4v) is 2.18. The number of carbonyl (C=O) groups is 5. The third kappa shape index (κ3) is 10.8. The molecular formula is C16H27N3O8. The van der Waals surface area contributed by atoms with Crippen LogP contribution in [0, 0.1) is 5.92 Å². The van der Waals surface area contributed by atoms with Crippen molar-refractivity contribution in [2.45, 2.75) is 64.1 Å². The zero-order chi connectivity index (χ0) is 21.1. The normalized spacial score (nSPS) is 14.1. The molecule has 11 heteroatoms. The summed E-state index contributed by atoms with van der Waals surface area (Å²) in [6, 6.07) is -3.68. The van der Waals surface area contributed by atoms with E-state index in [-0.39, 0.29) is 31.6 Å². The average Bonchev–Trinajstić information content (AvgIpc) is 2.54. The molecule has 0 spiro atoms. The lowest BCUT2D eigenvalue weighted by molar-refractivity contribution is -0.143. The number of carbonyl (C=O) groups excluding carboxylic acids is 2. The molecule has 11 nitrogen and oxygen atoms in total. The van der Waals surface area contributed by atoms with Crippen LogP contribution in [0.4, 0.5) is 0 Å². The highest BCUT2D eigenvalue weighted by Gasteiger charge is 2.27. The number of amides is 2. The lowest BCUT2D eigenvalue weighted by Crippen LogP contribution is -2.52. The van der Waals surface area contributed by atoms with Gasteiger partial charge in [-0.25, -0.2) is 4.79 Å². The molecule has 0 fully saturated rings.